The second kappa shape index (κ2) is 6.15. The smallest absolute Gasteiger partial charge is 0.302 e. The molecule has 0 saturated carbocycles. The molecule has 0 amide bonds. The molecule has 2 fully saturated rings. The number of hydrogen-bond donors (Lipinski definition) is 1. The van der Waals surface area contributed by atoms with E-state index < -0.39 is 36.0 Å². The molecule has 0 aromatic rings. The standard InChI is InChI=1S/C13H22O8/c1-8(14)17-7-9-13(15,18-6-5-16-4)10-11(19-9)21-12(2,3)20-10/h9-11,15H,5-7H2,1-4H3/t9-,10+,11?,13-/m1/s1. The van der Waals surface area contributed by atoms with Crippen LogP contribution in [0.15, 0.2) is 0 Å². The number of esters is 1. The number of carbonyl (C=O) groups is 1. The Hall–Kier alpha value is -0.770. The number of fused-ring (bicyclic) bond motifs is 1. The number of ether oxygens (including phenoxy) is 6. The predicted octanol–water partition coefficient (Wildman–Crippen LogP) is -0.222. The second-order valence-electron chi connectivity index (χ2n) is 5.44. The topological polar surface area (TPSA) is 92.7 Å². The summed E-state index contributed by atoms with van der Waals surface area (Å²) in [4.78, 5) is 10.9. The Morgan fingerprint density at radius 2 is 2.00 bits per heavy atom. The van der Waals surface area contributed by atoms with Gasteiger partial charge in [-0.2, -0.15) is 0 Å². The summed E-state index contributed by atoms with van der Waals surface area (Å²) in [6.45, 7) is 4.98. The minimum Gasteiger partial charge on any atom is -0.463 e. The number of rotatable bonds is 6. The second-order valence-corrected chi connectivity index (χ2v) is 5.44. The Labute approximate surface area is 123 Å². The van der Waals surface area contributed by atoms with E-state index >= 15 is 0 Å². The first-order valence-corrected chi connectivity index (χ1v) is 6.78. The molecule has 4 atom stereocenters. The molecule has 1 unspecified atom stereocenters. The fourth-order valence-electron chi connectivity index (χ4n) is 2.37. The average Bonchev–Trinajstić information content (AvgIpc) is 2.80. The van der Waals surface area contributed by atoms with E-state index in [9.17, 15) is 9.90 Å². The molecule has 0 aromatic heterocycles. The Balaban J connectivity index is 2.09. The van der Waals surface area contributed by atoms with Gasteiger partial charge in [0.1, 0.15) is 6.61 Å². The lowest BCUT2D eigenvalue weighted by Gasteiger charge is -2.32. The lowest BCUT2D eigenvalue weighted by molar-refractivity contribution is -0.304. The van der Waals surface area contributed by atoms with Crippen LogP contribution in [0.2, 0.25) is 0 Å². The largest absolute Gasteiger partial charge is 0.463 e. The van der Waals surface area contributed by atoms with E-state index in [1.807, 2.05) is 0 Å². The lowest BCUT2D eigenvalue weighted by atomic mass is 10.1. The Morgan fingerprint density at radius 3 is 2.62 bits per heavy atom. The highest BCUT2D eigenvalue weighted by atomic mass is 16.9. The molecule has 21 heavy (non-hydrogen) atoms. The summed E-state index contributed by atoms with van der Waals surface area (Å²) in [5, 5.41) is 10.8. The zero-order chi connectivity index (χ0) is 15.7. The molecule has 8 heteroatoms. The van der Waals surface area contributed by atoms with Crippen molar-refractivity contribution in [3.05, 3.63) is 0 Å². The van der Waals surface area contributed by atoms with Gasteiger partial charge in [-0.05, 0) is 13.8 Å². The number of aliphatic hydroxyl groups is 1. The molecule has 0 aromatic carbocycles. The van der Waals surface area contributed by atoms with E-state index in [-0.39, 0.29) is 13.2 Å². The van der Waals surface area contributed by atoms with Gasteiger partial charge in [0.15, 0.2) is 24.3 Å². The van der Waals surface area contributed by atoms with Gasteiger partial charge in [-0.15, -0.1) is 0 Å². The van der Waals surface area contributed by atoms with Gasteiger partial charge < -0.3 is 33.5 Å². The van der Waals surface area contributed by atoms with Gasteiger partial charge in [-0.3, -0.25) is 4.79 Å². The number of carbonyl (C=O) groups excluding carboxylic acids is 1. The molecule has 0 spiro atoms. The van der Waals surface area contributed by atoms with Crippen molar-refractivity contribution in [1.29, 1.82) is 0 Å². The maximum atomic E-state index is 10.9. The third-order valence-electron chi connectivity index (χ3n) is 3.28. The molecule has 2 saturated heterocycles. The Bertz CT molecular complexity index is 384. The van der Waals surface area contributed by atoms with Gasteiger partial charge in [0, 0.05) is 14.0 Å². The lowest BCUT2D eigenvalue weighted by Crippen LogP contribution is -2.53. The van der Waals surface area contributed by atoms with E-state index in [1.54, 1.807) is 13.8 Å². The van der Waals surface area contributed by atoms with Crippen LogP contribution in [-0.2, 0) is 33.2 Å². The van der Waals surface area contributed by atoms with Crippen molar-refractivity contribution in [3.63, 3.8) is 0 Å². The highest BCUT2D eigenvalue weighted by Gasteiger charge is 2.64. The third kappa shape index (κ3) is 3.53. The molecule has 8 nitrogen and oxygen atoms in total. The van der Waals surface area contributed by atoms with Crippen LogP contribution in [0, 0.1) is 0 Å². The monoisotopic (exact) mass is 306 g/mol. The van der Waals surface area contributed by atoms with Crippen molar-refractivity contribution < 1.29 is 38.3 Å². The fraction of sp³-hybridized carbons (Fsp3) is 0.923. The first kappa shape index (κ1) is 16.6. The SMILES string of the molecule is COCCO[C@]1(O)[C@@H](COC(C)=O)OC2OC(C)(C)O[C@@H]21. The zero-order valence-corrected chi connectivity index (χ0v) is 12.7. The number of methoxy groups -OCH3 is 1. The maximum Gasteiger partial charge on any atom is 0.302 e. The third-order valence-corrected chi connectivity index (χ3v) is 3.28. The summed E-state index contributed by atoms with van der Waals surface area (Å²) in [6.07, 6.45) is -2.51. The van der Waals surface area contributed by atoms with Gasteiger partial charge in [-0.25, -0.2) is 0 Å². The fourth-order valence-corrected chi connectivity index (χ4v) is 2.37. The van der Waals surface area contributed by atoms with Crippen LogP contribution in [0.5, 0.6) is 0 Å². The zero-order valence-electron chi connectivity index (χ0n) is 12.7. The summed E-state index contributed by atoms with van der Waals surface area (Å²) >= 11 is 0. The molecule has 2 rings (SSSR count). The van der Waals surface area contributed by atoms with Gasteiger partial charge in [-0.1, -0.05) is 0 Å². The van der Waals surface area contributed by atoms with Gasteiger partial charge >= 0.3 is 5.97 Å². The van der Waals surface area contributed by atoms with Crippen molar-refractivity contribution >= 4 is 5.97 Å². The van der Waals surface area contributed by atoms with Crippen LogP contribution < -0.4 is 0 Å². The van der Waals surface area contributed by atoms with E-state index in [1.165, 1.54) is 14.0 Å². The highest BCUT2D eigenvalue weighted by Crippen LogP contribution is 2.43. The number of hydrogen-bond acceptors (Lipinski definition) is 8. The molecule has 0 aliphatic carbocycles. The summed E-state index contributed by atoms with van der Waals surface area (Å²) in [6, 6.07) is 0. The molecule has 0 bridgehead atoms. The molecular weight excluding hydrogens is 284 g/mol. The van der Waals surface area contributed by atoms with Gasteiger partial charge in [0.2, 0.25) is 5.79 Å². The van der Waals surface area contributed by atoms with Crippen molar-refractivity contribution in [2.45, 2.75) is 50.8 Å². The van der Waals surface area contributed by atoms with Crippen LogP contribution in [0.25, 0.3) is 0 Å². The Morgan fingerprint density at radius 1 is 1.29 bits per heavy atom. The van der Waals surface area contributed by atoms with Crippen LogP contribution in [0.1, 0.15) is 20.8 Å². The van der Waals surface area contributed by atoms with Crippen molar-refractivity contribution in [2.24, 2.45) is 0 Å². The van der Waals surface area contributed by atoms with Gasteiger partial charge in [0.05, 0.1) is 13.2 Å². The molecule has 2 aliphatic rings. The average molecular weight is 306 g/mol. The molecule has 0 radical (unpaired) electrons. The van der Waals surface area contributed by atoms with Crippen LogP contribution in [0.3, 0.4) is 0 Å². The van der Waals surface area contributed by atoms with E-state index in [0.717, 1.165) is 0 Å². The van der Waals surface area contributed by atoms with Crippen molar-refractivity contribution in [2.75, 3.05) is 26.9 Å². The molecule has 122 valence electrons. The van der Waals surface area contributed by atoms with Crippen LogP contribution in [-0.4, -0.2) is 68.1 Å². The van der Waals surface area contributed by atoms with Gasteiger partial charge in [0.25, 0.3) is 0 Å². The van der Waals surface area contributed by atoms with Crippen molar-refractivity contribution in [1.82, 2.24) is 0 Å². The maximum absolute atomic E-state index is 10.9. The summed E-state index contributed by atoms with van der Waals surface area (Å²) in [7, 11) is 1.52. The molecule has 2 heterocycles. The molecule has 2 aliphatic heterocycles. The summed E-state index contributed by atoms with van der Waals surface area (Å²) < 4.78 is 32.1. The first-order chi connectivity index (χ1) is 9.78. The van der Waals surface area contributed by atoms with E-state index in [4.69, 9.17) is 28.4 Å². The summed E-state index contributed by atoms with van der Waals surface area (Å²) in [5.74, 6) is -3.13. The highest BCUT2D eigenvalue weighted by molar-refractivity contribution is 5.65. The first-order valence-electron chi connectivity index (χ1n) is 6.78. The van der Waals surface area contributed by atoms with E-state index in [0.29, 0.717) is 6.61 Å². The normalized spacial score (nSPS) is 37.5. The van der Waals surface area contributed by atoms with Crippen molar-refractivity contribution in [3.8, 4) is 0 Å². The summed E-state index contributed by atoms with van der Waals surface area (Å²) in [5.41, 5.74) is 0. The van der Waals surface area contributed by atoms with E-state index in [2.05, 4.69) is 0 Å². The minimum absolute atomic E-state index is 0.139. The molecule has 1 N–H and O–H groups in total. The predicted molar refractivity (Wildman–Crippen MR) is 68.1 cm³/mol. The quantitative estimate of drug-likeness (QED) is 0.409. The Kier molecular flexibility index (Phi) is 4.86. The minimum atomic E-state index is -1.77. The van der Waals surface area contributed by atoms with Crippen LogP contribution >= 0.6 is 0 Å². The van der Waals surface area contributed by atoms with Crippen LogP contribution in [0.4, 0.5) is 0 Å². The molecular formula is C13H22O8.